The maximum atomic E-state index is 11.1. The van der Waals surface area contributed by atoms with Gasteiger partial charge in [0.05, 0.1) is 20.6 Å². The van der Waals surface area contributed by atoms with Crippen molar-refractivity contribution in [1.29, 1.82) is 0 Å². The van der Waals surface area contributed by atoms with E-state index >= 15 is 0 Å². The second kappa shape index (κ2) is 12.9. The van der Waals surface area contributed by atoms with Crippen LogP contribution in [0.3, 0.4) is 0 Å². The van der Waals surface area contributed by atoms with Crippen LogP contribution in [-0.4, -0.2) is 37.8 Å². The van der Waals surface area contributed by atoms with E-state index in [-0.39, 0.29) is 5.97 Å². The van der Waals surface area contributed by atoms with Crippen molar-refractivity contribution in [1.82, 2.24) is 0 Å². The van der Waals surface area contributed by atoms with Crippen molar-refractivity contribution in [2.75, 3.05) is 27.4 Å². The minimum Gasteiger partial charge on any atom is -0.412 e. The van der Waals surface area contributed by atoms with Crippen molar-refractivity contribution < 1.29 is 14.0 Å². The molecule has 0 amide bonds. The highest BCUT2D eigenvalue weighted by atomic mass is 16.5. The summed E-state index contributed by atoms with van der Waals surface area (Å²) >= 11 is 0. The maximum Gasteiger partial charge on any atom is 0.334 e. The third-order valence-electron chi connectivity index (χ3n) is 3.84. The molecule has 0 radical (unpaired) electrons. The van der Waals surface area contributed by atoms with E-state index < -0.39 is 0 Å². The molecule has 0 aliphatic heterocycles. The topological polar surface area (TPSA) is 26.3 Å². The molecule has 124 valence electrons. The van der Waals surface area contributed by atoms with Gasteiger partial charge in [-0.1, -0.05) is 64.9 Å². The first kappa shape index (κ1) is 20.2. The van der Waals surface area contributed by atoms with Gasteiger partial charge in [0.1, 0.15) is 0 Å². The summed E-state index contributed by atoms with van der Waals surface area (Å²) in [5.41, 5.74) is 0. The molecule has 3 nitrogen and oxygen atoms in total. The Kier molecular flexibility index (Phi) is 12.4. The number of carbonyl (C=O) groups excluding carboxylic acids is 1. The van der Waals surface area contributed by atoms with Crippen LogP contribution in [0.15, 0.2) is 12.7 Å². The lowest BCUT2D eigenvalue weighted by atomic mass is 10.1. The van der Waals surface area contributed by atoms with Gasteiger partial charge in [-0.15, -0.1) is 0 Å². The Hall–Kier alpha value is -0.830. The Labute approximate surface area is 131 Å². The molecule has 0 heterocycles. The van der Waals surface area contributed by atoms with Gasteiger partial charge in [0.15, 0.2) is 0 Å². The molecule has 0 saturated heterocycles. The van der Waals surface area contributed by atoms with Gasteiger partial charge in [0.2, 0.25) is 6.73 Å². The second-order valence-corrected chi connectivity index (χ2v) is 6.64. The van der Waals surface area contributed by atoms with Crippen LogP contribution in [0.1, 0.15) is 71.1 Å². The molecule has 21 heavy (non-hydrogen) atoms. The number of hydrogen-bond donors (Lipinski definition) is 0. The third-order valence-corrected chi connectivity index (χ3v) is 3.84. The molecule has 0 aromatic rings. The van der Waals surface area contributed by atoms with Crippen molar-refractivity contribution in [3.8, 4) is 0 Å². The summed E-state index contributed by atoms with van der Waals surface area (Å²) in [5.74, 6) is -0.329. The highest BCUT2D eigenvalue weighted by molar-refractivity contribution is 5.81. The number of nitrogens with zero attached hydrogens (tertiary/aromatic N) is 1. The van der Waals surface area contributed by atoms with Gasteiger partial charge in [0.25, 0.3) is 0 Å². The lowest BCUT2D eigenvalue weighted by Crippen LogP contribution is -2.42. The average Bonchev–Trinajstić information content (AvgIpc) is 2.46. The molecule has 0 fully saturated rings. The number of esters is 1. The van der Waals surface area contributed by atoms with Gasteiger partial charge in [-0.2, -0.15) is 0 Å². The van der Waals surface area contributed by atoms with Crippen molar-refractivity contribution in [2.24, 2.45) is 0 Å². The fourth-order valence-corrected chi connectivity index (χ4v) is 2.39. The predicted octanol–water partition coefficient (Wildman–Crippen LogP) is 4.67. The zero-order chi connectivity index (χ0) is 16.0. The van der Waals surface area contributed by atoms with Crippen LogP contribution < -0.4 is 0 Å². The Bertz CT molecular complexity index is 274. The van der Waals surface area contributed by atoms with Crippen LogP contribution >= 0.6 is 0 Å². The van der Waals surface area contributed by atoms with E-state index in [1.807, 2.05) is 0 Å². The molecule has 0 aromatic carbocycles. The van der Waals surface area contributed by atoms with Crippen LogP contribution in [0.2, 0.25) is 0 Å². The van der Waals surface area contributed by atoms with E-state index in [4.69, 9.17) is 4.74 Å². The lowest BCUT2D eigenvalue weighted by molar-refractivity contribution is -0.907. The van der Waals surface area contributed by atoms with Crippen LogP contribution in [0.25, 0.3) is 0 Å². The molecular formula is C18H36NO2+. The van der Waals surface area contributed by atoms with Crippen molar-refractivity contribution in [2.45, 2.75) is 71.1 Å². The molecule has 0 atom stereocenters. The molecule has 0 N–H and O–H groups in total. The van der Waals surface area contributed by atoms with Gasteiger partial charge >= 0.3 is 5.97 Å². The first-order valence-corrected chi connectivity index (χ1v) is 8.63. The normalized spacial score (nSPS) is 11.4. The van der Waals surface area contributed by atoms with E-state index in [0.29, 0.717) is 6.73 Å². The third kappa shape index (κ3) is 13.9. The lowest BCUT2D eigenvalue weighted by Gasteiger charge is -2.28. The molecule has 0 rings (SSSR count). The minimum absolute atomic E-state index is 0.329. The summed E-state index contributed by atoms with van der Waals surface area (Å²) in [7, 11) is 4.20. The van der Waals surface area contributed by atoms with E-state index in [1.54, 1.807) is 0 Å². The Morgan fingerprint density at radius 1 is 0.952 bits per heavy atom. The van der Waals surface area contributed by atoms with Crippen molar-refractivity contribution >= 4 is 5.97 Å². The Morgan fingerprint density at radius 3 is 1.90 bits per heavy atom. The maximum absolute atomic E-state index is 11.1. The standard InChI is InChI=1S/C18H36NO2/c1-5-7-8-9-10-11-12-13-14-15-16-19(3,4)17-21-18(20)6-2/h6H,2,5,7-17H2,1,3-4H3/q+1. The van der Waals surface area contributed by atoms with Gasteiger partial charge < -0.3 is 4.74 Å². The molecule has 3 heteroatoms. The van der Waals surface area contributed by atoms with Gasteiger partial charge in [0, 0.05) is 6.08 Å². The van der Waals surface area contributed by atoms with Crippen LogP contribution in [-0.2, 0) is 9.53 Å². The van der Waals surface area contributed by atoms with Crippen molar-refractivity contribution in [3.63, 3.8) is 0 Å². The first-order chi connectivity index (χ1) is 10.0. The molecule has 0 spiro atoms. The van der Waals surface area contributed by atoms with Crippen LogP contribution in [0.4, 0.5) is 0 Å². The smallest absolute Gasteiger partial charge is 0.334 e. The number of carbonyl (C=O) groups is 1. The summed E-state index contributed by atoms with van der Waals surface area (Å²) in [4.78, 5) is 11.1. The predicted molar refractivity (Wildman–Crippen MR) is 90.0 cm³/mol. The van der Waals surface area contributed by atoms with Gasteiger partial charge in [-0.25, -0.2) is 4.79 Å². The quantitative estimate of drug-likeness (QED) is 0.153. The molecular weight excluding hydrogens is 262 g/mol. The van der Waals surface area contributed by atoms with E-state index in [1.165, 1.54) is 70.3 Å². The largest absolute Gasteiger partial charge is 0.412 e. The van der Waals surface area contributed by atoms with Crippen LogP contribution in [0, 0.1) is 0 Å². The van der Waals surface area contributed by atoms with Crippen LogP contribution in [0.5, 0.6) is 0 Å². The minimum atomic E-state index is -0.329. The number of rotatable bonds is 14. The first-order valence-electron chi connectivity index (χ1n) is 8.63. The molecule has 0 unspecified atom stereocenters. The van der Waals surface area contributed by atoms with Crippen molar-refractivity contribution in [3.05, 3.63) is 12.7 Å². The Balaban J connectivity index is 3.40. The summed E-state index contributed by atoms with van der Waals surface area (Å²) in [6, 6.07) is 0. The number of hydrogen-bond acceptors (Lipinski definition) is 2. The monoisotopic (exact) mass is 298 g/mol. The number of unbranched alkanes of at least 4 members (excludes halogenated alkanes) is 9. The summed E-state index contributed by atoms with van der Waals surface area (Å²) < 4.78 is 5.85. The van der Waals surface area contributed by atoms with Gasteiger partial charge in [-0.3, -0.25) is 4.48 Å². The fourth-order valence-electron chi connectivity index (χ4n) is 2.39. The average molecular weight is 298 g/mol. The highest BCUT2D eigenvalue weighted by Crippen LogP contribution is 2.11. The Morgan fingerprint density at radius 2 is 1.43 bits per heavy atom. The molecule has 0 aromatic heterocycles. The van der Waals surface area contributed by atoms with E-state index in [9.17, 15) is 4.79 Å². The molecule has 0 aliphatic rings. The van der Waals surface area contributed by atoms with E-state index in [0.717, 1.165) is 11.0 Å². The van der Waals surface area contributed by atoms with E-state index in [2.05, 4.69) is 27.6 Å². The zero-order valence-corrected chi connectivity index (χ0v) is 14.5. The molecule has 0 bridgehead atoms. The fraction of sp³-hybridized carbons (Fsp3) is 0.833. The molecule has 0 aliphatic carbocycles. The van der Waals surface area contributed by atoms with Gasteiger partial charge in [-0.05, 0) is 12.8 Å². The number of ether oxygens (including phenoxy) is 1. The summed E-state index contributed by atoms with van der Waals surface area (Å²) in [6.45, 7) is 7.16. The zero-order valence-electron chi connectivity index (χ0n) is 14.5. The summed E-state index contributed by atoms with van der Waals surface area (Å²) in [6.07, 6.45) is 14.7. The number of quaternary nitrogens is 1. The highest BCUT2D eigenvalue weighted by Gasteiger charge is 2.15. The SMILES string of the molecule is C=CC(=O)OC[N+](C)(C)CCCCCCCCCCCC. The summed E-state index contributed by atoms with van der Waals surface area (Å²) in [5, 5.41) is 0. The molecule has 0 saturated carbocycles. The second-order valence-electron chi connectivity index (χ2n) is 6.64.